The van der Waals surface area contributed by atoms with Crippen molar-refractivity contribution in [2.24, 2.45) is 0 Å². The van der Waals surface area contributed by atoms with Crippen molar-refractivity contribution in [3.63, 3.8) is 0 Å². The summed E-state index contributed by atoms with van der Waals surface area (Å²) in [6.45, 7) is 0.839. The van der Waals surface area contributed by atoms with Crippen molar-refractivity contribution in [2.45, 2.75) is 0 Å². The lowest BCUT2D eigenvalue weighted by Gasteiger charge is -2.14. The Balaban J connectivity index is 1.45. The highest BCUT2D eigenvalue weighted by atomic mass is 14.9. The maximum Gasteiger partial charge on any atom is 0.0868 e. The van der Waals surface area contributed by atoms with Gasteiger partial charge in [-0.3, -0.25) is 0 Å². The maximum atomic E-state index is 5.03. The SMILES string of the molecule is C1=CCNC(c2cccc(-c3ccc4c5c(cccc35)-c3cc5ccccc5cc3-4)n2)=C1. The Kier molecular flexibility index (Phi) is 3.65. The molecule has 2 nitrogen and oxygen atoms in total. The smallest absolute Gasteiger partial charge is 0.0868 e. The van der Waals surface area contributed by atoms with E-state index >= 15 is 0 Å². The molecular formula is C30H20N2. The summed E-state index contributed by atoms with van der Waals surface area (Å²) in [7, 11) is 0. The lowest BCUT2D eigenvalue weighted by atomic mass is 9.96. The van der Waals surface area contributed by atoms with Gasteiger partial charge in [-0.2, -0.15) is 0 Å². The van der Waals surface area contributed by atoms with Gasteiger partial charge in [0.2, 0.25) is 0 Å². The van der Waals surface area contributed by atoms with Gasteiger partial charge in [0.25, 0.3) is 0 Å². The molecule has 0 atom stereocenters. The molecule has 2 aliphatic rings. The molecule has 150 valence electrons. The van der Waals surface area contributed by atoms with E-state index < -0.39 is 0 Å². The Labute approximate surface area is 186 Å². The van der Waals surface area contributed by atoms with Crippen LogP contribution in [-0.4, -0.2) is 11.5 Å². The van der Waals surface area contributed by atoms with Crippen molar-refractivity contribution in [3.8, 4) is 33.5 Å². The van der Waals surface area contributed by atoms with Crippen LogP contribution in [0.15, 0.2) is 103 Å². The minimum atomic E-state index is 0.839. The third-order valence-electron chi connectivity index (χ3n) is 6.62. The van der Waals surface area contributed by atoms with Gasteiger partial charge in [-0.25, -0.2) is 4.98 Å². The molecule has 7 rings (SSSR count). The highest BCUT2D eigenvalue weighted by molar-refractivity contribution is 6.20. The second kappa shape index (κ2) is 6.66. The molecule has 4 aromatic carbocycles. The van der Waals surface area contributed by atoms with Crippen LogP contribution in [0.25, 0.3) is 60.8 Å². The van der Waals surface area contributed by atoms with E-state index in [1.54, 1.807) is 0 Å². The molecule has 32 heavy (non-hydrogen) atoms. The number of benzene rings is 4. The zero-order chi connectivity index (χ0) is 21.1. The molecule has 2 heterocycles. The molecule has 0 unspecified atom stereocenters. The van der Waals surface area contributed by atoms with Crippen LogP contribution in [-0.2, 0) is 0 Å². The van der Waals surface area contributed by atoms with Gasteiger partial charge in [-0.1, -0.05) is 72.8 Å². The average molecular weight is 409 g/mol. The number of pyridine rings is 1. The normalized spacial score (nSPS) is 13.8. The van der Waals surface area contributed by atoms with Gasteiger partial charge in [-0.05, 0) is 74.1 Å². The summed E-state index contributed by atoms with van der Waals surface area (Å²) in [6.07, 6.45) is 6.28. The molecule has 0 spiro atoms. The number of hydrogen-bond donors (Lipinski definition) is 1. The second-order valence-corrected chi connectivity index (χ2v) is 8.43. The first-order chi connectivity index (χ1) is 15.9. The van der Waals surface area contributed by atoms with Crippen molar-refractivity contribution in [1.29, 1.82) is 0 Å². The van der Waals surface area contributed by atoms with E-state index in [4.69, 9.17) is 4.98 Å². The Hall–Kier alpha value is -4.17. The summed E-state index contributed by atoms with van der Waals surface area (Å²) in [5.74, 6) is 0. The van der Waals surface area contributed by atoms with Crippen molar-refractivity contribution in [3.05, 3.63) is 109 Å². The van der Waals surface area contributed by atoms with E-state index in [2.05, 4.69) is 108 Å². The Morgan fingerprint density at radius 2 is 1.34 bits per heavy atom. The molecule has 0 amide bonds. The minimum absolute atomic E-state index is 0.839. The molecule has 1 aliphatic carbocycles. The fraction of sp³-hybridized carbons (Fsp3) is 0.0333. The summed E-state index contributed by atoms with van der Waals surface area (Å²) in [4.78, 5) is 5.03. The fourth-order valence-corrected chi connectivity index (χ4v) is 5.14. The molecule has 1 aromatic heterocycles. The highest BCUT2D eigenvalue weighted by Gasteiger charge is 2.23. The lowest BCUT2D eigenvalue weighted by molar-refractivity contribution is 0.982. The van der Waals surface area contributed by atoms with Gasteiger partial charge in [-0.15, -0.1) is 0 Å². The zero-order valence-electron chi connectivity index (χ0n) is 17.5. The van der Waals surface area contributed by atoms with Crippen LogP contribution in [0, 0.1) is 0 Å². The molecule has 5 aromatic rings. The summed E-state index contributed by atoms with van der Waals surface area (Å²) in [5, 5.41) is 8.58. The summed E-state index contributed by atoms with van der Waals surface area (Å²) in [5.41, 5.74) is 9.51. The van der Waals surface area contributed by atoms with Crippen LogP contribution in [0.2, 0.25) is 0 Å². The van der Waals surface area contributed by atoms with Crippen LogP contribution in [0.5, 0.6) is 0 Å². The van der Waals surface area contributed by atoms with Crippen LogP contribution in [0.1, 0.15) is 5.69 Å². The van der Waals surface area contributed by atoms with Gasteiger partial charge in [0.15, 0.2) is 0 Å². The fourth-order valence-electron chi connectivity index (χ4n) is 5.14. The summed E-state index contributed by atoms with van der Waals surface area (Å²) >= 11 is 0. The molecule has 2 heteroatoms. The van der Waals surface area contributed by atoms with E-state index in [1.807, 2.05) is 0 Å². The molecular weight excluding hydrogens is 388 g/mol. The van der Waals surface area contributed by atoms with Crippen molar-refractivity contribution in [1.82, 2.24) is 10.3 Å². The van der Waals surface area contributed by atoms with Crippen LogP contribution in [0.3, 0.4) is 0 Å². The molecule has 0 saturated carbocycles. The number of hydrogen-bond acceptors (Lipinski definition) is 2. The molecule has 1 N–H and O–H groups in total. The van der Waals surface area contributed by atoms with Gasteiger partial charge in [0.05, 0.1) is 17.1 Å². The van der Waals surface area contributed by atoms with Crippen LogP contribution in [0.4, 0.5) is 0 Å². The topological polar surface area (TPSA) is 24.9 Å². The van der Waals surface area contributed by atoms with E-state index in [9.17, 15) is 0 Å². The summed E-state index contributed by atoms with van der Waals surface area (Å²) in [6, 6.07) is 30.8. The quantitative estimate of drug-likeness (QED) is 0.328. The number of allylic oxidation sites excluding steroid dienone is 2. The van der Waals surface area contributed by atoms with Gasteiger partial charge >= 0.3 is 0 Å². The van der Waals surface area contributed by atoms with E-state index in [1.165, 1.54) is 49.4 Å². The predicted molar refractivity (Wildman–Crippen MR) is 134 cm³/mol. The third kappa shape index (κ3) is 2.50. The zero-order valence-corrected chi connectivity index (χ0v) is 17.5. The first-order valence-electron chi connectivity index (χ1n) is 11.0. The lowest BCUT2D eigenvalue weighted by Crippen LogP contribution is -2.15. The van der Waals surface area contributed by atoms with Crippen LogP contribution >= 0.6 is 0 Å². The number of rotatable bonds is 2. The third-order valence-corrected chi connectivity index (χ3v) is 6.62. The Morgan fingerprint density at radius 3 is 2.12 bits per heavy atom. The number of nitrogens with zero attached hydrogens (tertiary/aromatic N) is 1. The first kappa shape index (κ1) is 17.5. The standard InChI is InChI=1S/C30H20N2/c1-2-8-20-18-26-24-15-14-21(27-12-6-13-29(32-27)28-11-3-4-16-31-28)22-9-5-10-23(30(22)24)25(26)17-19(20)7-1/h1-15,17-18,31H,16H2. The number of fused-ring (bicyclic) bond motifs is 4. The number of nitrogens with one attached hydrogen (secondary N) is 1. The van der Waals surface area contributed by atoms with Crippen LogP contribution < -0.4 is 5.32 Å². The average Bonchev–Trinajstić information content (AvgIpc) is 3.18. The molecule has 0 saturated heterocycles. The van der Waals surface area contributed by atoms with E-state index in [0.29, 0.717) is 0 Å². The summed E-state index contributed by atoms with van der Waals surface area (Å²) < 4.78 is 0. The highest BCUT2D eigenvalue weighted by Crippen LogP contribution is 2.50. The van der Waals surface area contributed by atoms with Gasteiger partial charge in [0.1, 0.15) is 0 Å². The molecule has 0 radical (unpaired) electrons. The minimum Gasteiger partial charge on any atom is -0.380 e. The first-order valence-corrected chi connectivity index (χ1v) is 11.0. The van der Waals surface area contributed by atoms with Crippen molar-refractivity contribution >= 4 is 27.2 Å². The van der Waals surface area contributed by atoms with Gasteiger partial charge in [0, 0.05) is 12.1 Å². The maximum absolute atomic E-state index is 5.03. The van der Waals surface area contributed by atoms with E-state index in [0.717, 1.165) is 23.6 Å². The second-order valence-electron chi connectivity index (χ2n) is 8.43. The molecule has 1 aliphatic heterocycles. The van der Waals surface area contributed by atoms with Gasteiger partial charge < -0.3 is 5.32 Å². The van der Waals surface area contributed by atoms with Crippen molar-refractivity contribution < 1.29 is 0 Å². The molecule has 0 fully saturated rings. The largest absolute Gasteiger partial charge is 0.380 e. The Bertz CT molecular complexity index is 1570. The Morgan fingerprint density at radius 1 is 0.625 bits per heavy atom. The monoisotopic (exact) mass is 408 g/mol. The van der Waals surface area contributed by atoms with Crippen molar-refractivity contribution in [2.75, 3.05) is 6.54 Å². The predicted octanol–water partition coefficient (Wildman–Crippen LogP) is 7.20. The van der Waals surface area contributed by atoms with E-state index in [-0.39, 0.29) is 0 Å². The number of aromatic nitrogens is 1. The number of dihydropyridines is 1. The molecule has 0 bridgehead atoms.